The topological polar surface area (TPSA) is 74.0 Å². The van der Waals surface area contributed by atoms with Gasteiger partial charge in [0.15, 0.2) is 0 Å². The van der Waals surface area contributed by atoms with Crippen molar-refractivity contribution < 1.29 is 4.79 Å². The van der Waals surface area contributed by atoms with Crippen LogP contribution in [0, 0.1) is 18.3 Å². The number of hydrogen-bond acceptors (Lipinski definition) is 5. The van der Waals surface area contributed by atoms with Crippen LogP contribution in [0.3, 0.4) is 0 Å². The van der Waals surface area contributed by atoms with Crippen LogP contribution in [0.15, 0.2) is 6.20 Å². The van der Waals surface area contributed by atoms with Crippen molar-refractivity contribution in [2.45, 2.75) is 39.2 Å². The minimum Gasteiger partial charge on any atom is -0.315 e. The second-order valence-corrected chi connectivity index (χ2v) is 7.73. The summed E-state index contributed by atoms with van der Waals surface area (Å²) < 4.78 is 1.83. The maximum Gasteiger partial charge on any atom is 0.239 e. The maximum atomic E-state index is 12.4. The smallest absolute Gasteiger partial charge is 0.239 e. The minimum absolute atomic E-state index is 0.0841. The van der Waals surface area contributed by atoms with Crippen LogP contribution < -0.4 is 5.32 Å². The summed E-state index contributed by atoms with van der Waals surface area (Å²) in [6.45, 7) is 2.96. The molecule has 1 amide bonds. The Hall–Kier alpha value is -2.17. The molecule has 0 atom stereocenters. The van der Waals surface area contributed by atoms with Gasteiger partial charge >= 0.3 is 0 Å². The maximum absolute atomic E-state index is 12.4. The fourth-order valence-corrected chi connectivity index (χ4v) is 4.49. The van der Waals surface area contributed by atoms with E-state index in [0.717, 1.165) is 36.1 Å². The Morgan fingerprint density at radius 2 is 2.24 bits per heavy atom. The van der Waals surface area contributed by atoms with Gasteiger partial charge in [-0.15, -0.1) is 11.3 Å². The zero-order chi connectivity index (χ0) is 18.0. The first-order chi connectivity index (χ1) is 12.0. The summed E-state index contributed by atoms with van der Waals surface area (Å²) in [6, 6.07) is 2.28. The lowest BCUT2D eigenvalue weighted by Crippen LogP contribution is -2.30. The highest BCUT2D eigenvalue weighted by atomic mass is 32.1. The molecular weight excluding hydrogens is 334 g/mol. The van der Waals surface area contributed by atoms with E-state index >= 15 is 0 Å². The van der Waals surface area contributed by atoms with Crippen molar-refractivity contribution in [3.63, 3.8) is 0 Å². The molecule has 0 aromatic carbocycles. The first-order valence-electron chi connectivity index (χ1n) is 8.50. The minimum atomic E-state index is -0.0841. The molecule has 0 bridgehead atoms. The van der Waals surface area contributed by atoms with Gasteiger partial charge in [-0.2, -0.15) is 10.4 Å². The third-order valence-corrected chi connectivity index (χ3v) is 5.93. The zero-order valence-corrected chi connectivity index (χ0v) is 15.7. The first-order valence-corrected chi connectivity index (χ1v) is 9.31. The summed E-state index contributed by atoms with van der Waals surface area (Å²) in [5.41, 5.74) is 4.03. The molecule has 7 heteroatoms. The Bertz CT molecular complexity index is 829. The van der Waals surface area contributed by atoms with Gasteiger partial charge in [-0.1, -0.05) is 0 Å². The van der Waals surface area contributed by atoms with E-state index < -0.39 is 0 Å². The fraction of sp³-hybridized carbons (Fsp3) is 0.500. The molecule has 0 radical (unpaired) electrons. The third kappa shape index (κ3) is 3.75. The van der Waals surface area contributed by atoms with Gasteiger partial charge in [-0.25, -0.2) is 0 Å². The number of carbonyl (C=O) groups is 1. The highest BCUT2D eigenvalue weighted by Gasteiger charge is 2.22. The van der Waals surface area contributed by atoms with E-state index in [4.69, 9.17) is 0 Å². The zero-order valence-electron chi connectivity index (χ0n) is 14.9. The predicted octanol–water partition coefficient (Wildman–Crippen LogP) is 2.61. The van der Waals surface area contributed by atoms with Crippen molar-refractivity contribution in [2.75, 3.05) is 18.9 Å². The normalized spacial score (nSPS) is 13.6. The molecule has 2 heterocycles. The van der Waals surface area contributed by atoms with Gasteiger partial charge in [0, 0.05) is 29.7 Å². The molecular formula is C18H23N5OS. The van der Waals surface area contributed by atoms with E-state index in [1.807, 2.05) is 36.8 Å². The molecule has 6 nitrogen and oxygen atoms in total. The summed E-state index contributed by atoms with van der Waals surface area (Å²) in [5, 5.41) is 17.4. The number of amides is 1. The van der Waals surface area contributed by atoms with E-state index in [9.17, 15) is 10.1 Å². The van der Waals surface area contributed by atoms with Gasteiger partial charge < -0.3 is 5.32 Å². The molecule has 0 spiro atoms. The molecule has 0 aliphatic heterocycles. The summed E-state index contributed by atoms with van der Waals surface area (Å²) in [6.07, 6.45) is 6.10. The van der Waals surface area contributed by atoms with Crippen LogP contribution in [0.4, 0.5) is 5.00 Å². The molecule has 3 rings (SSSR count). The van der Waals surface area contributed by atoms with E-state index in [-0.39, 0.29) is 12.5 Å². The summed E-state index contributed by atoms with van der Waals surface area (Å²) in [7, 11) is 3.82. The van der Waals surface area contributed by atoms with Crippen LogP contribution in [0.25, 0.3) is 0 Å². The lowest BCUT2D eigenvalue weighted by molar-refractivity contribution is -0.117. The molecule has 0 saturated carbocycles. The summed E-state index contributed by atoms with van der Waals surface area (Å²) >= 11 is 1.57. The number of aromatic nitrogens is 2. The van der Waals surface area contributed by atoms with Gasteiger partial charge in [0.05, 0.1) is 18.3 Å². The van der Waals surface area contributed by atoms with E-state index in [1.54, 1.807) is 11.3 Å². The Balaban J connectivity index is 1.64. The molecule has 0 saturated heterocycles. The van der Waals surface area contributed by atoms with Crippen molar-refractivity contribution in [1.29, 1.82) is 5.26 Å². The Morgan fingerprint density at radius 1 is 1.48 bits per heavy atom. The van der Waals surface area contributed by atoms with Gasteiger partial charge in [0.2, 0.25) is 5.91 Å². The molecule has 0 fully saturated rings. The van der Waals surface area contributed by atoms with Crippen molar-refractivity contribution in [1.82, 2.24) is 14.7 Å². The highest BCUT2D eigenvalue weighted by molar-refractivity contribution is 7.16. The van der Waals surface area contributed by atoms with Crippen molar-refractivity contribution in [2.24, 2.45) is 7.05 Å². The number of nitrogens with one attached hydrogen (secondary N) is 1. The molecule has 2 aromatic rings. The van der Waals surface area contributed by atoms with Crippen LogP contribution >= 0.6 is 11.3 Å². The monoisotopic (exact) mass is 357 g/mol. The van der Waals surface area contributed by atoms with E-state index in [1.165, 1.54) is 11.3 Å². The lowest BCUT2D eigenvalue weighted by Gasteiger charge is -2.15. The Morgan fingerprint density at radius 3 is 2.92 bits per heavy atom. The van der Waals surface area contributed by atoms with Gasteiger partial charge in [-0.05, 0) is 45.2 Å². The second-order valence-electron chi connectivity index (χ2n) is 6.63. The lowest BCUT2D eigenvalue weighted by atomic mass is 9.96. The number of likely N-dealkylation sites (N-methyl/N-ethyl adjacent to an activating group) is 1. The molecule has 2 aromatic heterocycles. The molecule has 1 N–H and O–H groups in total. The second kappa shape index (κ2) is 7.38. The standard InChI is InChI=1S/C18H23N5OS/c1-12-13(9-20-23(12)3)10-22(2)11-17(24)21-18-15(8-19)14-6-4-5-7-16(14)25-18/h9H,4-7,10-11H2,1-3H3,(H,21,24). The molecule has 1 aliphatic rings. The highest BCUT2D eigenvalue weighted by Crippen LogP contribution is 2.37. The number of anilines is 1. The van der Waals surface area contributed by atoms with Gasteiger partial charge in [0.1, 0.15) is 11.1 Å². The van der Waals surface area contributed by atoms with Crippen LogP contribution in [-0.4, -0.2) is 34.2 Å². The quantitative estimate of drug-likeness (QED) is 0.893. The molecule has 132 valence electrons. The number of nitriles is 1. The van der Waals surface area contributed by atoms with Crippen LogP contribution in [-0.2, 0) is 31.2 Å². The summed E-state index contributed by atoms with van der Waals surface area (Å²) in [5.74, 6) is -0.0841. The average molecular weight is 357 g/mol. The third-order valence-electron chi connectivity index (χ3n) is 4.73. The van der Waals surface area contributed by atoms with Crippen LogP contribution in [0.5, 0.6) is 0 Å². The Labute approximate surface area is 152 Å². The molecule has 0 unspecified atom stereocenters. The average Bonchev–Trinajstić information content (AvgIpc) is 3.08. The van der Waals surface area contributed by atoms with Crippen LogP contribution in [0.1, 0.15) is 40.1 Å². The molecule has 1 aliphatic carbocycles. The largest absolute Gasteiger partial charge is 0.315 e. The SMILES string of the molecule is Cc1c(CN(C)CC(=O)Nc2sc3c(c2C#N)CCCC3)cnn1C. The number of aryl methyl sites for hydroxylation is 2. The van der Waals surface area contributed by atoms with E-state index in [2.05, 4.69) is 16.5 Å². The number of nitrogens with zero attached hydrogens (tertiary/aromatic N) is 4. The van der Waals surface area contributed by atoms with Crippen LogP contribution in [0.2, 0.25) is 0 Å². The first kappa shape index (κ1) is 17.6. The van der Waals surface area contributed by atoms with Crippen molar-refractivity contribution >= 4 is 22.2 Å². The number of thiophene rings is 1. The van der Waals surface area contributed by atoms with Crippen molar-refractivity contribution in [3.8, 4) is 6.07 Å². The Kier molecular flexibility index (Phi) is 5.21. The number of fused-ring (bicyclic) bond motifs is 1. The van der Waals surface area contributed by atoms with Gasteiger partial charge in [-0.3, -0.25) is 14.4 Å². The summed E-state index contributed by atoms with van der Waals surface area (Å²) in [4.78, 5) is 15.6. The number of rotatable bonds is 5. The fourth-order valence-electron chi connectivity index (χ4n) is 3.23. The number of hydrogen-bond donors (Lipinski definition) is 1. The predicted molar refractivity (Wildman–Crippen MR) is 98.6 cm³/mol. The van der Waals surface area contributed by atoms with E-state index in [0.29, 0.717) is 17.1 Å². The number of carbonyl (C=O) groups excluding carboxylic acids is 1. The van der Waals surface area contributed by atoms with Gasteiger partial charge in [0.25, 0.3) is 0 Å². The molecule has 25 heavy (non-hydrogen) atoms. The van der Waals surface area contributed by atoms with Crippen molar-refractivity contribution in [3.05, 3.63) is 33.5 Å².